The number of rotatable bonds is 5. The minimum atomic E-state index is -0.0750. The van der Waals surface area contributed by atoms with E-state index in [0.29, 0.717) is 6.04 Å². The van der Waals surface area contributed by atoms with Crippen molar-refractivity contribution in [3.63, 3.8) is 0 Å². The molecule has 3 heteroatoms. The van der Waals surface area contributed by atoms with E-state index in [1.807, 2.05) is 0 Å². The number of ether oxygens (including phenoxy) is 1. The van der Waals surface area contributed by atoms with Crippen molar-refractivity contribution in [3.05, 3.63) is 27.8 Å². The standard InChI is InChI=1S/C13H20INO/c1-10(9-13(2,3)16-4)15-12-7-5-6-11(14)8-12/h5-8,10,15H,9H2,1-4H3. The van der Waals surface area contributed by atoms with Crippen molar-refractivity contribution in [1.29, 1.82) is 0 Å². The molecule has 0 radical (unpaired) electrons. The topological polar surface area (TPSA) is 21.3 Å². The largest absolute Gasteiger partial charge is 0.382 e. The van der Waals surface area contributed by atoms with Crippen LogP contribution in [0.2, 0.25) is 0 Å². The van der Waals surface area contributed by atoms with Crippen LogP contribution in [0.15, 0.2) is 24.3 Å². The summed E-state index contributed by atoms with van der Waals surface area (Å²) in [6.07, 6.45) is 0.981. The maximum absolute atomic E-state index is 5.43. The van der Waals surface area contributed by atoms with Crippen LogP contribution in [0.25, 0.3) is 0 Å². The summed E-state index contributed by atoms with van der Waals surface area (Å²) >= 11 is 2.32. The van der Waals surface area contributed by atoms with E-state index in [0.717, 1.165) is 6.42 Å². The summed E-state index contributed by atoms with van der Waals surface area (Å²) in [4.78, 5) is 0. The van der Waals surface area contributed by atoms with E-state index in [9.17, 15) is 0 Å². The quantitative estimate of drug-likeness (QED) is 0.825. The molecule has 0 aliphatic carbocycles. The van der Waals surface area contributed by atoms with Gasteiger partial charge in [-0.3, -0.25) is 0 Å². The highest BCUT2D eigenvalue weighted by molar-refractivity contribution is 14.1. The molecule has 1 atom stereocenters. The molecule has 1 unspecified atom stereocenters. The van der Waals surface area contributed by atoms with Crippen molar-refractivity contribution in [2.75, 3.05) is 12.4 Å². The Labute approximate surface area is 112 Å². The Morgan fingerprint density at radius 3 is 2.69 bits per heavy atom. The van der Waals surface area contributed by atoms with E-state index in [2.05, 4.69) is 72.9 Å². The van der Waals surface area contributed by atoms with Crippen LogP contribution >= 0.6 is 22.6 Å². The van der Waals surface area contributed by atoms with Crippen molar-refractivity contribution >= 4 is 28.3 Å². The highest BCUT2D eigenvalue weighted by atomic mass is 127. The van der Waals surface area contributed by atoms with Crippen molar-refractivity contribution in [2.24, 2.45) is 0 Å². The second-order valence-electron chi connectivity index (χ2n) is 4.72. The third-order valence-electron chi connectivity index (χ3n) is 2.59. The average Bonchev–Trinajstić information content (AvgIpc) is 2.16. The minimum absolute atomic E-state index is 0.0750. The fourth-order valence-electron chi connectivity index (χ4n) is 1.73. The summed E-state index contributed by atoms with van der Waals surface area (Å²) in [5.41, 5.74) is 1.10. The van der Waals surface area contributed by atoms with E-state index in [1.165, 1.54) is 9.26 Å². The molecule has 2 nitrogen and oxygen atoms in total. The number of hydrogen-bond acceptors (Lipinski definition) is 2. The van der Waals surface area contributed by atoms with E-state index in [-0.39, 0.29) is 5.60 Å². The monoisotopic (exact) mass is 333 g/mol. The Morgan fingerprint density at radius 2 is 2.12 bits per heavy atom. The van der Waals surface area contributed by atoms with Gasteiger partial charge in [0.2, 0.25) is 0 Å². The fourth-order valence-corrected chi connectivity index (χ4v) is 2.28. The van der Waals surface area contributed by atoms with Crippen molar-refractivity contribution in [2.45, 2.75) is 38.8 Å². The SMILES string of the molecule is COC(C)(C)CC(C)Nc1cccc(I)c1. The summed E-state index contributed by atoms with van der Waals surface area (Å²) in [5, 5.41) is 3.49. The fraction of sp³-hybridized carbons (Fsp3) is 0.538. The van der Waals surface area contributed by atoms with Gasteiger partial charge in [-0.1, -0.05) is 6.07 Å². The molecule has 0 amide bonds. The smallest absolute Gasteiger partial charge is 0.0642 e. The lowest BCUT2D eigenvalue weighted by Gasteiger charge is -2.27. The van der Waals surface area contributed by atoms with Crippen LogP contribution in [0.5, 0.6) is 0 Å². The lowest BCUT2D eigenvalue weighted by atomic mass is 10.00. The van der Waals surface area contributed by atoms with Gasteiger partial charge in [0.1, 0.15) is 0 Å². The average molecular weight is 333 g/mol. The zero-order chi connectivity index (χ0) is 12.2. The molecule has 0 saturated heterocycles. The maximum Gasteiger partial charge on any atom is 0.0642 e. The van der Waals surface area contributed by atoms with E-state index < -0.39 is 0 Å². The molecular weight excluding hydrogens is 313 g/mol. The van der Waals surface area contributed by atoms with Crippen LogP contribution in [-0.2, 0) is 4.74 Å². The molecular formula is C13H20INO. The van der Waals surface area contributed by atoms with Crippen LogP contribution < -0.4 is 5.32 Å². The molecule has 1 N–H and O–H groups in total. The van der Waals surface area contributed by atoms with Crippen LogP contribution in [-0.4, -0.2) is 18.8 Å². The predicted octanol–water partition coefficient (Wildman–Crippen LogP) is 3.91. The zero-order valence-electron chi connectivity index (χ0n) is 10.4. The molecule has 0 spiro atoms. The summed E-state index contributed by atoms with van der Waals surface area (Å²) in [5.74, 6) is 0. The molecule has 16 heavy (non-hydrogen) atoms. The molecule has 0 aromatic heterocycles. The summed E-state index contributed by atoms with van der Waals surface area (Å²) < 4.78 is 6.68. The second-order valence-corrected chi connectivity index (χ2v) is 5.97. The summed E-state index contributed by atoms with van der Waals surface area (Å²) in [6.45, 7) is 6.40. The van der Waals surface area contributed by atoms with Gasteiger partial charge in [-0.15, -0.1) is 0 Å². The number of benzene rings is 1. The van der Waals surface area contributed by atoms with Gasteiger partial charge in [0.25, 0.3) is 0 Å². The number of halogens is 1. The Bertz CT molecular complexity index is 338. The Balaban J connectivity index is 2.55. The normalized spacial score (nSPS) is 13.6. The van der Waals surface area contributed by atoms with Crippen molar-refractivity contribution < 1.29 is 4.74 Å². The van der Waals surface area contributed by atoms with Crippen LogP contribution in [0.1, 0.15) is 27.2 Å². The second kappa shape index (κ2) is 5.87. The van der Waals surface area contributed by atoms with Gasteiger partial charge in [-0.25, -0.2) is 0 Å². The molecule has 90 valence electrons. The Kier molecular flexibility index (Phi) is 5.05. The maximum atomic E-state index is 5.43. The highest BCUT2D eigenvalue weighted by Gasteiger charge is 2.19. The molecule has 0 heterocycles. The molecule has 1 aromatic carbocycles. The van der Waals surface area contributed by atoms with E-state index in [4.69, 9.17) is 4.74 Å². The lowest BCUT2D eigenvalue weighted by molar-refractivity contribution is 0.0128. The van der Waals surface area contributed by atoms with Gasteiger partial charge >= 0.3 is 0 Å². The first kappa shape index (κ1) is 13.8. The molecule has 0 fully saturated rings. The highest BCUT2D eigenvalue weighted by Crippen LogP contribution is 2.19. The Morgan fingerprint density at radius 1 is 1.44 bits per heavy atom. The third kappa shape index (κ3) is 4.70. The molecule has 0 saturated carbocycles. The van der Waals surface area contributed by atoms with Crippen LogP contribution in [0, 0.1) is 3.57 Å². The van der Waals surface area contributed by atoms with Gasteiger partial charge in [0.05, 0.1) is 5.60 Å². The number of hydrogen-bond donors (Lipinski definition) is 1. The zero-order valence-corrected chi connectivity index (χ0v) is 12.5. The summed E-state index contributed by atoms with van der Waals surface area (Å²) in [6, 6.07) is 8.80. The van der Waals surface area contributed by atoms with Crippen LogP contribution in [0.4, 0.5) is 5.69 Å². The van der Waals surface area contributed by atoms with Gasteiger partial charge in [0.15, 0.2) is 0 Å². The lowest BCUT2D eigenvalue weighted by Crippen LogP contribution is -2.31. The molecule has 0 bridgehead atoms. The van der Waals surface area contributed by atoms with Gasteiger partial charge in [-0.05, 0) is 68.0 Å². The predicted molar refractivity (Wildman–Crippen MR) is 77.9 cm³/mol. The summed E-state index contributed by atoms with van der Waals surface area (Å²) in [7, 11) is 1.76. The first-order valence-corrected chi connectivity index (χ1v) is 6.58. The first-order chi connectivity index (χ1) is 7.43. The third-order valence-corrected chi connectivity index (χ3v) is 3.26. The minimum Gasteiger partial charge on any atom is -0.382 e. The molecule has 0 aliphatic heterocycles. The van der Waals surface area contributed by atoms with Crippen molar-refractivity contribution in [1.82, 2.24) is 0 Å². The Hall–Kier alpha value is -0.290. The van der Waals surface area contributed by atoms with Gasteiger partial charge in [0, 0.05) is 22.4 Å². The number of anilines is 1. The number of nitrogens with one attached hydrogen (secondary N) is 1. The molecule has 1 rings (SSSR count). The van der Waals surface area contributed by atoms with Crippen molar-refractivity contribution in [3.8, 4) is 0 Å². The van der Waals surface area contributed by atoms with Crippen LogP contribution in [0.3, 0.4) is 0 Å². The van der Waals surface area contributed by atoms with Gasteiger partial charge < -0.3 is 10.1 Å². The molecule has 0 aliphatic rings. The van der Waals surface area contributed by atoms with E-state index in [1.54, 1.807) is 7.11 Å². The molecule has 1 aromatic rings. The number of methoxy groups -OCH3 is 1. The van der Waals surface area contributed by atoms with E-state index >= 15 is 0 Å². The first-order valence-electron chi connectivity index (χ1n) is 5.50. The van der Waals surface area contributed by atoms with Gasteiger partial charge in [-0.2, -0.15) is 0 Å².